The van der Waals surface area contributed by atoms with Gasteiger partial charge in [-0.05, 0) is 44.0 Å². The van der Waals surface area contributed by atoms with Crippen molar-refractivity contribution in [2.75, 3.05) is 30.4 Å². The minimum absolute atomic E-state index is 0.0140. The van der Waals surface area contributed by atoms with Crippen LogP contribution < -0.4 is 15.0 Å². The number of aromatic nitrogens is 4. The lowest BCUT2D eigenvalue weighted by Crippen LogP contribution is -2.39. The van der Waals surface area contributed by atoms with Gasteiger partial charge in [-0.15, -0.1) is 15.3 Å². The van der Waals surface area contributed by atoms with Crippen molar-refractivity contribution in [3.8, 4) is 5.75 Å². The molecular weight excluding hydrogens is 469 g/mol. The number of methoxy groups -OCH3 is 1. The fraction of sp³-hybridized carbons (Fsp3) is 0.409. The van der Waals surface area contributed by atoms with E-state index >= 15 is 0 Å². The van der Waals surface area contributed by atoms with E-state index < -0.39 is 35.9 Å². The molecule has 1 unspecified atom stereocenters. The number of benzene rings is 1. The van der Waals surface area contributed by atoms with Gasteiger partial charge in [0.1, 0.15) is 11.6 Å². The second-order valence-electron chi connectivity index (χ2n) is 8.01. The molecule has 3 heterocycles. The van der Waals surface area contributed by atoms with Crippen molar-refractivity contribution in [1.82, 2.24) is 19.8 Å². The summed E-state index contributed by atoms with van der Waals surface area (Å²) in [5, 5.41) is 13.4. The van der Waals surface area contributed by atoms with Crippen LogP contribution in [0.15, 0.2) is 36.4 Å². The molecule has 1 aromatic carbocycles. The molecule has 0 radical (unpaired) electrons. The van der Waals surface area contributed by atoms with Gasteiger partial charge in [-0.1, -0.05) is 12.1 Å². The molecule has 2 aromatic heterocycles. The lowest BCUT2D eigenvalue weighted by Gasteiger charge is -2.32. The number of fused-ring (bicyclic) bond motifs is 1. The number of rotatable bonds is 6. The maximum Gasteiger partial charge on any atom is 0.453 e. The summed E-state index contributed by atoms with van der Waals surface area (Å²) in [6.07, 6.45) is -4.92. The molecule has 1 N–H and O–H groups in total. The molecule has 1 aliphatic heterocycles. The van der Waals surface area contributed by atoms with Crippen LogP contribution in [0.4, 0.5) is 24.7 Å². The van der Waals surface area contributed by atoms with Gasteiger partial charge in [0.2, 0.25) is 0 Å². The Bertz CT molecular complexity index is 1220. The zero-order valence-electron chi connectivity index (χ0n) is 19.0. The van der Waals surface area contributed by atoms with E-state index in [1.807, 2.05) is 0 Å². The summed E-state index contributed by atoms with van der Waals surface area (Å²) < 4.78 is 50.6. The Morgan fingerprint density at radius 1 is 1.11 bits per heavy atom. The van der Waals surface area contributed by atoms with Crippen molar-refractivity contribution in [3.05, 3.63) is 42.2 Å². The summed E-state index contributed by atoms with van der Waals surface area (Å²) in [6, 6.07) is 9.84. The zero-order chi connectivity index (χ0) is 25.2. The van der Waals surface area contributed by atoms with Crippen LogP contribution in [-0.4, -0.2) is 58.0 Å². The van der Waals surface area contributed by atoms with Gasteiger partial charge in [0, 0.05) is 13.1 Å². The Labute approximate surface area is 198 Å². The van der Waals surface area contributed by atoms with Gasteiger partial charge in [0.25, 0.3) is 11.7 Å². The van der Waals surface area contributed by atoms with Gasteiger partial charge in [-0.3, -0.25) is 9.59 Å². The molecule has 3 aromatic rings. The molecule has 0 bridgehead atoms. The van der Waals surface area contributed by atoms with E-state index in [4.69, 9.17) is 9.47 Å². The number of hydrogen-bond donors (Lipinski definition) is 1. The monoisotopic (exact) mass is 492 g/mol. The number of hydrogen-bond acceptors (Lipinski definition) is 8. The normalized spacial score (nSPS) is 15.6. The summed E-state index contributed by atoms with van der Waals surface area (Å²) in [7, 11) is 1.48. The molecule has 1 saturated heterocycles. The van der Waals surface area contributed by atoms with Crippen molar-refractivity contribution >= 4 is 29.0 Å². The number of carbonyl (C=O) groups excluding carboxylic acids is 2. The lowest BCUT2D eigenvalue weighted by atomic mass is 9.97. The number of nitrogens with zero attached hydrogens (tertiary/aromatic N) is 5. The molecule has 35 heavy (non-hydrogen) atoms. The Morgan fingerprint density at radius 3 is 2.51 bits per heavy atom. The molecule has 0 aliphatic carbocycles. The van der Waals surface area contributed by atoms with Gasteiger partial charge in [0.05, 0.1) is 18.7 Å². The van der Waals surface area contributed by atoms with Crippen LogP contribution in [0.1, 0.15) is 25.6 Å². The SMILES string of the molecule is COc1ccccc1NC(=O)C(C)OC(=O)C1CCN(c2ccc3nnc(C(F)(F)F)n3n2)CC1. The number of piperidine rings is 1. The van der Waals surface area contributed by atoms with Crippen LogP contribution >= 0.6 is 0 Å². The number of amides is 1. The minimum atomic E-state index is -4.68. The van der Waals surface area contributed by atoms with Crippen LogP contribution in [0.25, 0.3) is 5.65 Å². The highest BCUT2D eigenvalue weighted by Crippen LogP contribution is 2.29. The van der Waals surface area contributed by atoms with Crippen LogP contribution in [0, 0.1) is 5.92 Å². The number of carbonyl (C=O) groups is 2. The van der Waals surface area contributed by atoms with Crippen LogP contribution in [0.2, 0.25) is 0 Å². The maximum absolute atomic E-state index is 13.1. The summed E-state index contributed by atoms with van der Waals surface area (Å²) in [4.78, 5) is 26.9. The molecular formula is C22H23F3N6O4. The largest absolute Gasteiger partial charge is 0.495 e. The van der Waals surface area contributed by atoms with Gasteiger partial charge >= 0.3 is 12.1 Å². The average Bonchev–Trinajstić information content (AvgIpc) is 3.28. The second-order valence-corrected chi connectivity index (χ2v) is 8.01. The quantitative estimate of drug-likeness (QED) is 0.523. The first-order valence-corrected chi connectivity index (χ1v) is 10.9. The molecule has 1 fully saturated rings. The van der Waals surface area contributed by atoms with Crippen LogP contribution in [0.3, 0.4) is 0 Å². The third-order valence-corrected chi connectivity index (χ3v) is 5.68. The molecule has 1 atom stereocenters. The summed E-state index contributed by atoms with van der Waals surface area (Å²) in [5.41, 5.74) is 0.447. The molecule has 4 rings (SSSR count). The van der Waals surface area contributed by atoms with Gasteiger partial charge in [-0.25, -0.2) is 0 Å². The number of anilines is 2. The van der Waals surface area contributed by atoms with Gasteiger partial charge in [0.15, 0.2) is 11.8 Å². The fourth-order valence-corrected chi connectivity index (χ4v) is 3.78. The molecule has 1 amide bonds. The first-order valence-electron chi connectivity index (χ1n) is 10.9. The van der Waals surface area contributed by atoms with E-state index in [1.54, 1.807) is 35.2 Å². The highest BCUT2D eigenvalue weighted by molar-refractivity contribution is 5.96. The predicted octanol–water partition coefficient (Wildman–Crippen LogP) is 2.94. The standard InChI is InChI=1S/C22H23F3N6O4/c1-13(19(32)26-15-5-3-4-6-16(15)34-2)35-20(33)14-9-11-30(12-10-14)18-8-7-17-27-28-21(22(23,24)25)31(17)29-18/h3-8,13-14H,9-12H2,1-2H3,(H,26,32). The third-order valence-electron chi connectivity index (χ3n) is 5.68. The van der Waals surface area contributed by atoms with E-state index in [0.717, 1.165) is 0 Å². The number of para-hydroxylation sites is 2. The minimum Gasteiger partial charge on any atom is -0.495 e. The van der Waals surface area contributed by atoms with E-state index in [9.17, 15) is 22.8 Å². The molecule has 186 valence electrons. The van der Waals surface area contributed by atoms with Crippen LogP contribution in [-0.2, 0) is 20.5 Å². The van der Waals surface area contributed by atoms with Gasteiger partial charge < -0.3 is 19.7 Å². The Hall–Kier alpha value is -3.90. The smallest absolute Gasteiger partial charge is 0.453 e. The van der Waals surface area contributed by atoms with Crippen molar-refractivity contribution < 1.29 is 32.2 Å². The second kappa shape index (κ2) is 9.76. The zero-order valence-corrected chi connectivity index (χ0v) is 19.0. The third kappa shape index (κ3) is 5.28. The first kappa shape index (κ1) is 24.2. The first-order chi connectivity index (χ1) is 16.7. The molecule has 10 nitrogen and oxygen atoms in total. The summed E-state index contributed by atoms with van der Waals surface area (Å²) >= 11 is 0. The molecule has 13 heteroatoms. The topological polar surface area (TPSA) is 111 Å². The maximum atomic E-state index is 13.1. The molecule has 0 spiro atoms. The predicted molar refractivity (Wildman–Crippen MR) is 118 cm³/mol. The van der Waals surface area contributed by atoms with Gasteiger partial charge in [-0.2, -0.15) is 17.7 Å². The average molecular weight is 492 g/mol. The number of esters is 1. The number of halogens is 3. The van der Waals surface area contributed by atoms with E-state index in [0.29, 0.717) is 47.7 Å². The fourth-order valence-electron chi connectivity index (χ4n) is 3.78. The van der Waals surface area contributed by atoms with E-state index in [-0.39, 0.29) is 5.65 Å². The van der Waals surface area contributed by atoms with Crippen molar-refractivity contribution in [1.29, 1.82) is 0 Å². The summed E-state index contributed by atoms with van der Waals surface area (Å²) in [5.74, 6) is -1.85. The van der Waals surface area contributed by atoms with E-state index in [2.05, 4.69) is 20.6 Å². The van der Waals surface area contributed by atoms with Crippen molar-refractivity contribution in [2.45, 2.75) is 32.0 Å². The van der Waals surface area contributed by atoms with E-state index in [1.165, 1.54) is 20.1 Å². The Kier molecular flexibility index (Phi) is 6.76. The number of ether oxygens (including phenoxy) is 2. The van der Waals surface area contributed by atoms with Crippen molar-refractivity contribution in [3.63, 3.8) is 0 Å². The Morgan fingerprint density at radius 2 is 1.83 bits per heavy atom. The lowest BCUT2D eigenvalue weighted by molar-refractivity contribution is -0.158. The van der Waals surface area contributed by atoms with Crippen LogP contribution in [0.5, 0.6) is 5.75 Å². The molecule has 0 saturated carbocycles. The highest BCUT2D eigenvalue weighted by atomic mass is 19.4. The highest BCUT2D eigenvalue weighted by Gasteiger charge is 2.38. The van der Waals surface area contributed by atoms with Crippen molar-refractivity contribution in [2.24, 2.45) is 5.92 Å². The number of nitrogens with one attached hydrogen (secondary N) is 1. The summed E-state index contributed by atoms with van der Waals surface area (Å²) in [6.45, 7) is 2.24. The molecule has 1 aliphatic rings. The number of alkyl halides is 3. The Balaban J connectivity index is 1.33.